The summed E-state index contributed by atoms with van der Waals surface area (Å²) in [6.45, 7) is 2.07. The van der Waals surface area contributed by atoms with Gasteiger partial charge in [0, 0.05) is 19.2 Å². The van der Waals surface area contributed by atoms with E-state index in [0.717, 1.165) is 16.1 Å². The molecule has 0 aliphatic rings. The van der Waals surface area contributed by atoms with Crippen molar-refractivity contribution < 1.29 is 9.90 Å². The van der Waals surface area contributed by atoms with E-state index in [2.05, 4.69) is 11.8 Å². The van der Waals surface area contributed by atoms with Gasteiger partial charge in [-0.2, -0.15) is 0 Å². The second-order valence-electron chi connectivity index (χ2n) is 4.64. The highest BCUT2D eigenvalue weighted by Gasteiger charge is 2.15. The van der Waals surface area contributed by atoms with Crippen molar-refractivity contribution in [1.29, 1.82) is 0 Å². The third-order valence-corrected chi connectivity index (χ3v) is 3.98. The number of hydrogen-bond donors (Lipinski definition) is 1. The topological polar surface area (TPSA) is 40.5 Å². The van der Waals surface area contributed by atoms with Crippen LogP contribution in [0.15, 0.2) is 36.4 Å². The Morgan fingerprint density at radius 1 is 1.24 bits per heavy atom. The molecule has 108 valence electrons. The van der Waals surface area contributed by atoms with Gasteiger partial charge in [0.25, 0.3) is 5.91 Å². The van der Waals surface area contributed by atoms with E-state index >= 15 is 0 Å². The Morgan fingerprint density at radius 3 is 2.62 bits per heavy atom. The van der Waals surface area contributed by atoms with Crippen LogP contribution in [0.3, 0.4) is 0 Å². The molecule has 0 aliphatic carbocycles. The number of aryl methyl sites for hydroxylation is 1. The van der Waals surface area contributed by atoms with Crippen LogP contribution in [0.4, 0.5) is 5.69 Å². The Morgan fingerprint density at radius 2 is 1.95 bits per heavy atom. The molecule has 2 aromatic rings. The van der Waals surface area contributed by atoms with Gasteiger partial charge in [-0.3, -0.25) is 4.79 Å². The van der Waals surface area contributed by atoms with Crippen LogP contribution in [0.5, 0.6) is 0 Å². The third-order valence-electron chi connectivity index (χ3n) is 2.99. The van der Waals surface area contributed by atoms with Crippen molar-refractivity contribution in [2.24, 2.45) is 0 Å². The molecular weight excluding hydrogens is 282 g/mol. The minimum Gasteiger partial charge on any atom is -0.395 e. The van der Waals surface area contributed by atoms with E-state index in [4.69, 9.17) is 5.11 Å². The van der Waals surface area contributed by atoms with Crippen LogP contribution in [-0.2, 0) is 0 Å². The molecule has 0 spiro atoms. The zero-order valence-electron chi connectivity index (χ0n) is 12.1. The van der Waals surface area contributed by atoms with Gasteiger partial charge in [-0.25, -0.2) is 0 Å². The standard InChI is InChI=1S/C17H17NO2S/c1-13-6-8-14(9-7-13)18(2)17(20)16-11-10-15(21-16)5-3-4-12-19/h6-11,19H,4,12H2,1-2H3. The van der Waals surface area contributed by atoms with Gasteiger partial charge < -0.3 is 10.0 Å². The molecule has 0 aliphatic heterocycles. The highest BCUT2D eigenvalue weighted by molar-refractivity contribution is 7.14. The number of amides is 1. The first kappa shape index (κ1) is 15.3. The number of aliphatic hydroxyl groups excluding tert-OH is 1. The predicted octanol–water partition coefficient (Wildman–Crippen LogP) is 3.07. The molecule has 0 saturated carbocycles. The fraction of sp³-hybridized carbons (Fsp3) is 0.235. The molecule has 1 N–H and O–H groups in total. The van der Waals surface area contributed by atoms with Gasteiger partial charge in [-0.1, -0.05) is 29.5 Å². The number of carbonyl (C=O) groups excluding carboxylic acids is 1. The van der Waals surface area contributed by atoms with Gasteiger partial charge in [0.15, 0.2) is 0 Å². The minimum absolute atomic E-state index is 0.0425. The van der Waals surface area contributed by atoms with Crippen LogP contribution in [0.25, 0.3) is 0 Å². The van der Waals surface area contributed by atoms with Gasteiger partial charge in [0.05, 0.1) is 16.4 Å². The zero-order chi connectivity index (χ0) is 15.2. The monoisotopic (exact) mass is 299 g/mol. The number of carbonyl (C=O) groups is 1. The molecule has 2 rings (SSSR count). The van der Waals surface area contributed by atoms with Crippen molar-refractivity contribution in [1.82, 2.24) is 0 Å². The summed E-state index contributed by atoms with van der Waals surface area (Å²) >= 11 is 1.37. The van der Waals surface area contributed by atoms with E-state index in [-0.39, 0.29) is 12.5 Å². The Kier molecular flexibility index (Phi) is 5.15. The van der Waals surface area contributed by atoms with E-state index in [1.54, 1.807) is 18.0 Å². The first-order valence-corrected chi connectivity index (χ1v) is 7.48. The number of benzene rings is 1. The van der Waals surface area contributed by atoms with Crippen LogP contribution >= 0.6 is 11.3 Å². The van der Waals surface area contributed by atoms with Crippen LogP contribution in [-0.4, -0.2) is 24.7 Å². The lowest BCUT2D eigenvalue weighted by Gasteiger charge is -2.16. The summed E-state index contributed by atoms with van der Waals surface area (Å²) < 4.78 is 0. The maximum atomic E-state index is 12.4. The summed E-state index contributed by atoms with van der Waals surface area (Å²) in [5.74, 6) is 5.76. The smallest absolute Gasteiger partial charge is 0.268 e. The van der Waals surface area contributed by atoms with E-state index in [9.17, 15) is 4.79 Å². The fourth-order valence-corrected chi connectivity index (χ4v) is 2.63. The fourth-order valence-electron chi connectivity index (χ4n) is 1.78. The summed E-state index contributed by atoms with van der Waals surface area (Å²) in [5, 5.41) is 8.70. The van der Waals surface area contributed by atoms with Gasteiger partial charge in [0.1, 0.15) is 0 Å². The Balaban J connectivity index is 2.13. The Bertz CT molecular complexity index is 677. The van der Waals surface area contributed by atoms with Gasteiger partial charge in [-0.05, 0) is 31.2 Å². The Labute approximate surface area is 128 Å². The lowest BCUT2D eigenvalue weighted by Crippen LogP contribution is -2.25. The zero-order valence-corrected chi connectivity index (χ0v) is 12.9. The molecule has 4 heteroatoms. The van der Waals surface area contributed by atoms with Crippen molar-refractivity contribution in [3.8, 4) is 11.8 Å². The Hall–Kier alpha value is -2.09. The van der Waals surface area contributed by atoms with Gasteiger partial charge in [0.2, 0.25) is 0 Å². The molecule has 21 heavy (non-hydrogen) atoms. The number of hydrogen-bond acceptors (Lipinski definition) is 3. The highest BCUT2D eigenvalue weighted by atomic mass is 32.1. The first-order chi connectivity index (χ1) is 10.1. The molecule has 1 amide bonds. The molecule has 0 unspecified atom stereocenters. The lowest BCUT2D eigenvalue weighted by atomic mass is 10.2. The van der Waals surface area contributed by atoms with E-state index < -0.39 is 0 Å². The number of thiophene rings is 1. The first-order valence-electron chi connectivity index (χ1n) is 6.66. The van der Waals surface area contributed by atoms with Crippen molar-refractivity contribution in [2.75, 3.05) is 18.6 Å². The van der Waals surface area contributed by atoms with Crippen LogP contribution in [0.2, 0.25) is 0 Å². The average Bonchev–Trinajstić information content (AvgIpc) is 2.96. The molecule has 0 bridgehead atoms. The third kappa shape index (κ3) is 3.94. The van der Waals surface area contributed by atoms with Crippen LogP contribution < -0.4 is 4.90 Å². The summed E-state index contributed by atoms with van der Waals surface area (Å²) in [6.07, 6.45) is 0.449. The number of anilines is 1. The average molecular weight is 299 g/mol. The van der Waals surface area contributed by atoms with Crippen LogP contribution in [0, 0.1) is 18.8 Å². The molecule has 1 aromatic heterocycles. The summed E-state index contributed by atoms with van der Waals surface area (Å²) in [4.78, 5) is 15.6. The lowest BCUT2D eigenvalue weighted by molar-refractivity contribution is 0.0997. The number of rotatable bonds is 3. The molecule has 0 radical (unpaired) electrons. The molecule has 1 heterocycles. The van der Waals surface area contributed by atoms with Crippen molar-refractivity contribution in [3.05, 3.63) is 51.7 Å². The van der Waals surface area contributed by atoms with E-state index in [1.807, 2.05) is 37.3 Å². The SMILES string of the molecule is Cc1ccc(N(C)C(=O)c2ccc(C#CCCO)s2)cc1. The maximum absolute atomic E-state index is 12.4. The summed E-state index contributed by atoms with van der Waals surface area (Å²) in [7, 11) is 1.77. The predicted molar refractivity (Wildman–Crippen MR) is 86.8 cm³/mol. The second kappa shape index (κ2) is 7.07. The van der Waals surface area contributed by atoms with Gasteiger partial charge in [-0.15, -0.1) is 11.3 Å². The van der Waals surface area contributed by atoms with E-state index in [0.29, 0.717) is 11.3 Å². The van der Waals surface area contributed by atoms with Crippen molar-refractivity contribution >= 4 is 22.9 Å². The molecule has 0 atom stereocenters. The number of aliphatic hydroxyl groups is 1. The maximum Gasteiger partial charge on any atom is 0.268 e. The van der Waals surface area contributed by atoms with Gasteiger partial charge >= 0.3 is 0 Å². The molecule has 3 nitrogen and oxygen atoms in total. The number of nitrogens with zero attached hydrogens (tertiary/aromatic N) is 1. The summed E-state index contributed by atoms with van der Waals surface area (Å²) in [6, 6.07) is 11.5. The highest BCUT2D eigenvalue weighted by Crippen LogP contribution is 2.21. The van der Waals surface area contributed by atoms with E-state index in [1.165, 1.54) is 11.3 Å². The van der Waals surface area contributed by atoms with Crippen LogP contribution in [0.1, 0.15) is 26.5 Å². The van der Waals surface area contributed by atoms with Crippen molar-refractivity contribution in [2.45, 2.75) is 13.3 Å². The second-order valence-corrected chi connectivity index (χ2v) is 5.72. The van der Waals surface area contributed by atoms with Crippen molar-refractivity contribution in [3.63, 3.8) is 0 Å². The normalized spacial score (nSPS) is 9.86. The molecule has 1 aromatic carbocycles. The molecular formula is C17H17NO2S. The minimum atomic E-state index is -0.0425. The molecule has 0 fully saturated rings. The largest absolute Gasteiger partial charge is 0.395 e. The summed E-state index contributed by atoms with van der Waals surface area (Å²) in [5.41, 5.74) is 2.03. The molecule has 0 saturated heterocycles. The quantitative estimate of drug-likeness (QED) is 0.885.